The molecule has 0 aromatic carbocycles. The van der Waals surface area contributed by atoms with Gasteiger partial charge >= 0.3 is 0 Å². The standard InChI is InChI=1S/C21H30O6/c1-19-5-3-11(23)7-14(19)15(24)8-12-13-4-6-21(27,17(26)10-22)20(13,2)9-16(25)18(12)19/h7,12-13,15-16,18,22,24-25,27H,3-6,8-10H2,1-2H3/i9D2,16D,18D. The van der Waals surface area contributed by atoms with E-state index in [0.717, 1.165) is 0 Å². The van der Waals surface area contributed by atoms with Crippen molar-refractivity contribution in [3.8, 4) is 0 Å². The van der Waals surface area contributed by atoms with Crippen LogP contribution >= 0.6 is 0 Å². The van der Waals surface area contributed by atoms with Gasteiger partial charge in [0.05, 0.1) is 13.6 Å². The van der Waals surface area contributed by atoms with Gasteiger partial charge in [0.15, 0.2) is 11.6 Å². The zero-order chi connectivity index (χ0) is 23.4. The molecule has 8 unspecified atom stereocenters. The second-order valence-corrected chi connectivity index (χ2v) is 8.93. The molecule has 27 heavy (non-hydrogen) atoms. The third-order valence-corrected chi connectivity index (χ3v) is 7.77. The number of fused-ring (bicyclic) bond motifs is 5. The van der Waals surface area contributed by atoms with E-state index in [0.29, 0.717) is 0 Å². The number of hydrogen-bond acceptors (Lipinski definition) is 6. The molecule has 3 fully saturated rings. The highest BCUT2D eigenvalue weighted by atomic mass is 16.3. The van der Waals surface area contributed by atoms with Crippen molar-refractivity contribution in [2.45, 2.75) is 70.1 Å². The van der Waals surface area contributed by atoms with Crippen LogP contribution in [-0.2, 0) is 9.59 Å². The Morgan fingerprint density at radius 3 is 2.74 bits per heavy atom. The van der Waals surface area contributed by atoms with Gasteiger partial charge in [0.25, 0.3) is 0 Å². The first-order chi connectivity index (χ1) is 14.1. The van der Waals surface area contributed by atoms with Crippen LogP contribution in [0.2, 0.25) is 0 Å². The molecular formula is C21H30O6. The molecule has 0 bridgehead atoms. The van der Waals surface area contributed by atoms with Crippen LogP contribution in [0, 0.1) is 28.6 Å². The highest BCUT2D eigenvalue weighted by Crippen LogP contribution is 2.67. The molecule has 8 atom stereocenters. The normalized spacial score (nSPS) is 61.3. The van der Waals surface area contributed by atoms with E-state index < -0.39 is 65.1 Å². The Bertz CT molecular complexity index is 889. The molecule has 6 heteroatoms. The first-order valence-electron chi connectivity index (χ1n) is 11.6. The van der Waals surface area contributed by atoms with Gasteiger partial charge < -0.3 is 20.4 Å². The molecule has 150 valence electrons. The number of aliphatic hydroxyl groups is 4. The number of carbonyl (C=O) groups is 2. The fourth-order valence-corrected chi connectivity index (χ4v) is 6.27. The molecule has 4 N–H and O–H groups in total. The Hall–Kier alpha value is -1.08. The summed E-state index contributed by atoms with van der Waals surface area (Å²) in [6.45, 7) is 1.88. The number of hydrogen-bond donors (Lipinski definition) is 4. The van der Waals surface area contributed by atoms with E-state index in [2.05, 4.69) is 0 Å². The van der Waals surface area contributed by atoms with Crippen LogP contribution < -0.4 is 0 Å². The van der Waals surface area contributed by atoms with Gasteiger partial charge in [-0.1, -0.05) is 13.8 Å². The summed E-state index contributed by atoms with van der Waals surface area (Å²) in [6.07, 6.45) is -5.87. The van der Waals surface area contributed by atoms with Crippen molar-refractivity contribution in [3.63, 3.8) is 0 Å². The van der Waals surface area contributed by atoms with Crippen LogP contribution in [0.25, 0.3) is 0 Å². The summed E-state index contributed by atoms with van der Waals surface area (Å²) >= 11 is 0. The molecule has 4 rings (SSSR count). The fraction of sp³-hybridized carbons (Fsp3) is 0.810. The summed E-state index contributed by atoms with van der Waals surface area (Å²) in [6, 6.07) is 0. The lowest BCUT2D eigenvalue weighted by Gasteiger charge is -2.61. The highest BCUT2D eigenvalue weighted by Gasteiger charge is 2.68. The number of rotatable bonds is 2. The molecule has 0 heterocycles. The predicted molar refractivity (Wildman–Crippen MR) is 96.5 cm³/mol. The molecular weight excluding hydrogens is 348 g/mol. The SMILES string of the molecule is [2H]C1([2H])C([2H])(O)C2([2H])C(CC(O)C3=CC(=O)CCC32C)C2CCC(O)(C(=O)CO)C21C. The molecule has 0 amide bonds. The molecule has 0 aromatic rings. The van der Waals surface area contributed by atoms with Gasteiger partial charge in [0.1, 0.15) is 12.2 Å². The Kier molecular flexibility index (Phi) is 3.28. The van der Waals surface area contributed by atoms with E-state index in [1.165, 1.54) is 13.0 Å². The number of aliphatic hydroxyl groups excluding tert-OH is 2. The average Bonchev–Trinajstić information content (AvgIpc) is 2.98. The summed E-state index contributed by atoms with van der Waals surface area (Å²) in [5.74, 6) is -5.09. The number of Topliss-reactive ketones (excluding diaryl/α,β-unsaturated/α-hetero) is 1. The largest absolute Gasteiger partial charge is 0.393 e. The summed E-state index contributed by atoms with van der Waals surface area (Å²) in [5, 5.41) is 43.2. The van der Waals surface area contributed by atoms with Crippen molar-refractivity contribution in [1.82, 2.24) is 0 Å². The molecule has 0 aromatic heterocycles. The Balaban J connectivity index is 2.00. The van der Waals surface area contributed by atoms with E-state index in [1.54, 1.807) is 6.92 Å². The van der Waals surface area contributed by atoms with Gasteiger partial charge in [-0.3, -0.25) is 9.59 Å². The zero-order valence-corrected chi connectivity index (χ0v) is 15.7. The molecule has 4 aliphatic carbocycles. The highest BCUT2D eigenvalue weighted by molar-refractivity contribution is 5.92. The van der Waals surface area contributed by atoms with Crippen LogP contribution in [0.1, 0.15) is 57.8 Å². The van der Waals surface area contributed by atoms with Crippen molar-refractivity contribution < 1.29 is 35.5 Å². The molecule has 0 radical (unpaired) electrons. The van der Waals surface area contributed by atoms with Gasteiger partial charge in [0.2, 0.25) is 0 Å². The van der Waals surface area contributed by atoms with Crippen LogP contribution in [0.3, 0.4) is 0 Å². The van der Waals surface area contributed by atoms with Crippen molar-refractivity contribution in [2.24, 2.45) is 28.6 Å². The first kappa shape index (κ1) is 14.9. The Morgan fingerprint density at radius 1 is 1.37 bits per heavy atom. The van der Waals surface area contributed by atoms with Crippen LogP contribution in [0.4, 0.5) is 0 Å². The van der Waals surface area contributed by atoms with Crippen LogP contribution in [0.15, 0.2) is 11.6 Å². The summed E-state index contributed by atoms with van der Waals surface area (Å²) < 4.78 is 36.1. The smallest absolute Gasteiger partial charge is 0.190 e. The number of carbonyl (C=O) groups excluding carboxylic acids is 2. The van der Waals surface area contributed by atoms with E-state index in [4.69, 9.17) is 4.11 Å². The molecule has 4 aliphatic rings. The third kappa shape index (κ3) is 2.33. The second kappa shape index (κ2) is 5.96. The lowest BCUT2D eigenvalue weighted by molar-refractivity contribution is -0.187. The first-order valence-corrected chi connectivity index (χ1v) is 9.60. The van der Waals surface area contributed by atoms with Crippen LogP contribution in [-0.4, -0.2) is 56.4 Å². The van der Waals surface area contributed by atoms with Gasteiger partial charge in [-0.05, 0) is 66.9 Å². The Labute approximate surface area is 164 Å². The minimum absolute atomic E-state index is 0.0496. The van der Waals surface area contributed by atoms with E-state index in [9.17, 15) is 31.4 Å². The van der Waals surface area contributed by atoms with E-state index in [1.807, 2.05) is 0 Å². The predicted octanol–water partition coefficient (Wildman–Crippen LogP) is 0.752. The average molecular weight is 382 g/mol. The summed E-state index contributed by atoms with van der Waals surface area (Å²) in [5.41, 5.74) is -5.40. The van der Waals surface area contributed by atoms with Crippen molar-refractivity contribution in [2.75, 3.05) is 6.61 Å². The lowest BCUT2D eigenvalue weighted by atomic mass is 9.45. The molecule has 3 saturated carbocycles. The zero-order valence-electron chi connectivity index (χ0n) is 19.7. The molecule has 0 saturated heterocycles. The van der Waals surface area contributed by atoms with E-state index in [-0.39, 0.29) is 43.5 Å². The molecule has 6 nitrogen and oxygen atoms in total. The van der Waals surface area contributed by atoms with Gasteiger partial charge in [-0.25, -0.2) is 0 Å². The van der Waals surface area contributed by atoms with Gasteiger partial charge in [0, 0.05) is 15.9 Å². The minimum atomic E-state index is -3.08. The third-order valence-electron chi connectivity index (χ3n) is 7.77. The fourth-order valence-electron chi connectivity index (χ4n) is 6.27. The van der Waals surface area contributed by atoms with E-state index >= 15 is 0 Å². The maximum absolute atomic E-state index is 12.6. The monoisotopic (exact) mass is 382 g/mol. The number of ketones is 2. The van der Waals surface area contributed by atoms with Crippen molar-refractivity contribution in [3.05, 3.63) is 11.6 Å². The topological polar surface area (TPSA) is 115 Å². The molecule has 0 aliphatic heterocycles. The van der Waals surface area contributed by atoms with Gasteiger partial charge in [-0.15, -0.1) is 0 Å². The van der Waals surface area contributed by atoms with Crippen LogP contribution in [0.5, 0.6) is 0 Å². The maximum Gasteiger partial charge on any atom is 0.190 e. The second-order valence-electron chi connectivity index (χ2n) is 8.93. The lowest BCUT2D eigenvalue weighted by Crippen LogP contribution is -2.63. The summed E-state index contributed by atoms with van der Waals surface area (Å²) in [7, 11) is 0. The van der Waals surface area contributed by atoms with Gasteiger partial charge in [-0.2, -0.15) is 0 Å². The van der Waals surface area contributed by atoms with Crippen molar-refractivity contribution in [1.29, 1.82) is 0 Å². The van der Waals surface area contributed by atoms with Crippen molar-refractivity contribution >= 4 is 11.6 Å². The maximum atomic E-state index is 12.6. The quantitative estimate of drug-likeness (QED) is 0.560. The summed E-state index contributed by atoms with van der Waals surface area (Å²) in [4.78, 5) is 24.6. The molecule has 0 spiro atoms. The minimum Gasteiger partial charge on any atom is -0.393 e. The Morgan fingerprint density at radius 2 is 2.07 bits per heavy atom.